The van der Waals surface area contributed by atoms with Gasteiger partial charge in [-0.05, 0) is 66.6 Å². The quantitative estimate of drug-likeness (QED) is 0.371. The number of carbonyl (C=O) groups is 1. The number of carbonyl (C=O) groups excluding carboxylic acids is 1. The molecule has 0 unspecified atom stereocenters. The molecule has 0 heterocycles. The van der Waals surface area contributed by atoms with Gasteiger partial charge in [-0.1, -0.05) is 24.3 Å². The summed E-state index contributed by atoms with van der Waals surface area (Å²) in [5.74, 6) is 0.196. The number of aryl methyl sites for hydroxylation is 1. The summed E-state index contributed by atoms with van der Waals surface area (Å²) in [5, 5.41) is 2.76. The van der Waals surface area contributed by atoms with E-state index in [-0.39, 0.29) is 30.5 Å². The SMILES string of the molecule is Cc1cccc(N(Cc2ccc(C(=O)NCCOc3ccc(S(=O)(=O)N(C)C)cc3)cc2)S(C)(=O)=O)c1. The molecule has 1 N–H and O–H groups in total. The van der Waals surface area contributed by atoms with E-state index in [1.54, 1.807) is 42.5 Å². The van der Waals surface area contributed by atoms with Gasteiger partial charge in [0.1, 0.15) is 12.4 Å². The molecule has 198 valence electrons. The molecule has 0 radical (unpaired) electrons. The van der Waals surface area contributed by atoms with Crippen molar-refractivity contribution in [3.05, 3.63) is 89.5 Å². The van der Waals surface area contributed by atoms with Gasteiger partial charge in [0.15, 0.2) is 0 Å². The van der Waals surface area contributed by atoms with Gasteiger partial charge in [0.25, 0.3) is 5.91 Å². The lowest BCUT2D eigenvalue weighted by molar-refractivity contribution is 0.0947. The summed E-state index contributed by atoms with van der Waals surface area (Å²) in [6.45, 7) is 2.49. The van der Waals surface area contributed by atoms with Crippen LogP contribution in [0.3, 0.4) is 0 Å². The van der Waals surface area contributed by atoms with Gasteiger partial charge in [0.2, 0.25) is 20.0 Å². The van der Waals surface area contributed by atoms with Crippen molar-refractivity contribution >= 4 is 31.6 Å². The summed E-state index contributed by atoms with van der Waals surface area (Å²) in [5.41, 5.74) is 2.71. The van der Waals surface area contributed by atoms with E-state index >= 15 is 0 Å². The lowest BCUT2D eigenvalue weighted by atomic mass is 10.1. The van der Waals surface area contributed by atoms with Gasteiger partial charge < -0.3 is 10.1 Å². The van der Waals surface area contributed by atoms with Crippen LogP contribution in [0.15, 0.2) is 77.7 Å². The molecule has 3 rings (SSSR count). The van der Waals surface area contributed by atoms with E-state index in [1.807, 2.05) is 25.1 Å². The molecule has 3 aromatic rings. The van der Waals surface area contributed by atoms with E-state index < -0.39 is 20.0 Å². The normalized spacial score (nSPS) is 11.8. The standard InChI is InChI=1S/C26H31N3O6S2/c1-20-6-5-7-23(18-20)29(36(4,31)32)19-21-8-10-22(11-9-21)26(30)27-16-17-35-24-12-14-25(15-13-24)37(33,34)28(2)3/h5-15,18H,16-17,19H2,1-4H3,(H,27,30). The molecule has 0 saturated carbocycles. The first-order valence-electron chi connectivity index (χ1n) is 11.4. The first-order chi connectivity index (χ1) is 17.4. The number of ether oxygens (including phenoxy) is 1. The van der Waals surface area contributed by atoms with Crippen LogP contribution >= 0.6 is 0 Å². The van der Waals surface area contributed by atoms with E-state index in [9.17, 15) is 21.6 Å². The maximum absolute atomic E-state index is 12.5. The van der Waals surface area contributed by atoms with Crippen molar-refractivity contribution in [1.29, 1.82) is 0 Å². The number of benzene rings is 3. The number of amides is 1. The van der Waals surface area contributed by atoms with Gasteiger partial charge >= 0.3 is 0 Å². The highest BCUT2D eigenvalue weighted by molar-refractivity contribution is 7.92. The van der Waals surface area contributed by atoms with Crippen LogP contribution in [0.25, 0.3) is 0 Å². The smallest absolute Gasteiger partial charge is 0.251 e. The van der Waals surface area contributed by atoms with E-state index in [2.05, 4.69) is 5.32 Å². The largest absolute Gasteiger partial charge is 0.492 e. The molecule has 37 heavy (non-hydrogen) atoms. The fourth-order valence-electron chi connectivity index (χ4n) is 3.46. The average Bonchev–Trinajstić information content (AvgIpc) is 2.85. The molecule has 11 heteroatoms. The van der Waals surface area contributed by atoms with Gasteiger partial charge in [-0.3, -0.25) is 9.10 Å². The first-order valence-corrected chi connectivity index (χ1v) is 14.7. The minimum atomic E-state index is -3.51. The molecule has 0 aliphatic heterocycles. The monoisotopic (exact) mass is 545 g/mol. The third-order valence-corrected chi connectivity index (χ3v) is 8.46. The molecular weight excluding hydrogens is 514 g/mol. The third-order valence-electron chi connectivity index (χ3n) is 5.49. The molecule has 0 bridgehead atoms. The van der Waals surface area contributed by atoms with Gasteiger partial charge in [0.05, 0.1) is 29.9 Å². The van der Waals surface area contributed by atoms with Crippen LogP contribution in [-0.2, 0) is 26.6 Å². The van der Waals surface area contributed by atoms with Crippen LogP contribution in [0.2, 0.25) is 0 Å². The third kappa shape index (κ3) is 7.54. The number of hydrogen-bond donors (Lipinski definition) is 1. The number of hydrogen-bond acceptors (Lipinski definition) is 6. The molecule has 1 amide bonds. The maximum Gasteiger partial charge on any atom is 0.251 e. The van der Waals surface area contributed by atoms with E-state index in [0.29, 0.717) is 17.0 Å². The second-order valence-corrected chi connectivity index (χ2v) is 12.7. The van der Waals surface area contributed by atoms with E-state index in [1.165, 1.54) is 36.8 Å². The summed E-state index contributed by atoms with van der Waals surface area (Å²) in [6, 6.07) is 20.1. The summed E-state index contributed by atoms with van der Waals surface area (Å²) in [4.78, 5) is 12.6. The molecular formula is C26H31N3O6S2. The predicted molar refractivity (Wildman–Crippen MR) is 144 cm³/mol. The van der Waals surface area contributed by atoms with Crippen molar-refractivity contribution in [1.82, 2.24) is 9.62 Å². The van der Waals surface area contributed by atoms with Crippen LogP contribution in [0.5, 0.6) is 5.75 Å². The molecule has 0 aliphatic rings. The second kappa shape index (κ2) is 11.8. The number of nitrogens with one attached hydrogen (secondary N) is 1. The zero-order valence-corrected chi connectivity index (χ0v) is 22.8. The lowest BCUT2D eigenvalue weighted by Gasteiger charge is -2.23. The van der Waals surface area contributed by atoms with Crippen LogP contribution in [-0.4, -0.2) is 60.6 Å². The van der Waals surface area contributed by atoms with Gasteiger partial charge in [-0.2, -0.15) is 0 Å². The number of rotatable bonds is 11. The number of sulfonamides is 2. The van der Waals surface area contributed by atoms with Crippen molar-refractivity contribution in [2.24, 2.45) is 0 Å². The Kier molecular flexibility index (Phi) is 8.95. The van der Waals surface area contributed by atoms with Crippen LogP contribution in [0.4, 0.5) is 5.69 Å². The Hall–Kier alpha value is -3.41. The molecule has 0 atom stereocenters. The molecule has 0 fully saturated rings. The predicted octanol–water partition coefficient (Wildman–Crippen LogP) is 3.02. The highest BCUT2D eigenvalue weighted by Crippen LogP contribution is 2.22. The van der Waals surface area contributed by atoms with Crippen LogP contribution < -0.4 is 14.4 Å². The Morgan fingerprint density at radius 3 is 2.14 bits per heavy atom. The Balaban J connectivity index is 1.53. The number of nitrogens with zero attached hydrogens (tertiary/aromatic N) is 2. The topological polar surface area (TPSA) is 113 Å². The summed E-state index contributed by atoms with van der Waals surface area (Å²) < 4.78 is 57.0. The fraction of sp³-hybridized carbons (Fsp3) is 0.269. The molecule has 0 saturated heterocycles. The van der Waals surface area contributed by atoms with Gasteiger partial charge in [-0.25, -0.2) is 21.1 Å². The zero-order chi connectivity index (χ0) is 27.2. The molecule has 0 spiro atoms. The van der Waals surface area contributed by atoms with Crippen molar-refractivity contribution in [3.8, 4) is 5.75 Å². The minimum Gasteiger partial charge on any atom is -0.492 e. The Labute approximate surface area is 218 Å². The highest BCUT2D eigenvalue weighted by Gasteiger charge is 2.19. The maximum atomic E-state index is 12.5. The van der Waals surface area contributed by atoms with Crippen LogP contribution in [0.1, 0.15) is 21.5 Å². The molecule has 0 aromatic heterocycles. The summed E-state index contributed by atoms with van der Waals surface area (Å²) in [6.07, 6.45) is 1.17. The Morgan fingerprint density at radius 1 is 0.919 bits per heavy atom. The molecule has 0 aliphatic carbocycles. The Morgan fingerprint density at radius 2 is 1.57 bits per heavy atom. The lowest BCUT2D eigenvalue weighted by Crippen LogP contribution is -2.29. The zero-order valence-electron chi connectivity index (χ0n) is 21.2. The average molecular weight is 546 g/mol. The van der Waals surface area contributed by atoms with Crippen molar-refractivity contribution < 1.29 is 26.4 Å². The van der Waals surface area contributed by atoms with Gasteiger partial charge in [-0.15, -0.1) is 0 Å². The molecule has 9 nitrogen and oxygen atoms in total. The summed E-state index contributed by atoms with van der Waals surface area (Å²) in [7, 11) is -4.08. The van der Waals surface area contributed by atoms with Crippen molar-refractivity contribution in [2.45, 2.75) is 18.4 Å². The Bertz CT molecular complexity index is 1440. The minimum absolute atomic E-state index is 0.145. The van der Waals surface area contributed by atoms with Gasteiger partial charge in [0, 0.05) is 19.7 Å². The summed E-state index contributed by atoms with van der Waals surface area (Å²) >= 11 is 0. The van der Waals surface area contributed by atoms with Crippen LogP contribution in [0, 0.1) is 6.92 Å². The fourth-order valence-corrected chi connectivity index (χ4v) is 5.25. The highest BCUT2D eigenvalue weighted by atomic mass is 32.2. The van der Waals surface area contributed by atoms with Crippen molar-refractivity contribution in [3.63, 3.8) is 0 Å². The second-order valence-electron chi connectivity index (χ2n) is 8.67. The number of anilines is 1. The van der Waals surface area contributed by atoms with Crippen molar-refractivity contribution in [2.75, 3.05) is 37.8 Å². The van der Waals surface area contributed by atoms with E-state index in [0.717, 1.165) is 15.4 Å². The van der Waals surface area contributed by atoms with E-state index in [4.69, 9.17) is 4.74 Å². The first kappa shape index (κ1) is 28.2. The molecule has 3 aromatic carbocycles.